The van der Waals surface area contributed by atoms with E-state index >= 15 is 0 Å². The standard InChI is InChI=1S/C7H12O/c1-5-6-8-7(2,3)4/h6H,1H2,2-4H3. The summed E-state index contributed by atoms with van der Waals surface area (Å²) in [4.78, 5) is 0. The van der Waals surface area contributed by atoms with Gasteiger partial charge in [0, 0.05) is 0 Å². The predicted molar refractivity (Wildman–Crippen MR) is 34.5 cm³/mol. The molecule has 0 atom stereocenters. The minimum absolute atomic E-state index is 0.106. The molecule has 0 aromatic heterocycles. The second kappa shape index (κ2) is 2.58. The van der Waals surface area contributed by atoms with Crippen molar-refractivity contribution in [2.24, 2.45) is 0 Å². The van der Waals surface area contributed by atoms with Crippen molar-refractivity contribution in [3.8, 4) is 0 Å². The molecule has 0 aromatic carbocycles. The quantitative estimate of drug-likeness (QED) is 0.373. The average Bonchev–Trinajstić information content (AvgIpc) is 1.59. The van der Waals surface area contributed by atoms with E-state index in [2.05, 4.69) is 12.3 Å². The van der Waals surface area contributed by atoms with Gasteiger partial charge in [-0.25, -0.2) is 0 Å². The fraction of sp³-hybridized carbons (Fsp3) is 0.571. The van der Waals surface area contributed by atoms with Gasteiger partial charge in [0.25, 0.3) is 0 Å². The van der Waals surface area contributed by atoms with E-state index in [1.54, 1.807) is 0 Å². The third-order valence-electron chi connectivity index (χ3n) is 0.496. The molecule has 0 fully saturated rings. The Labute approximate surface area is 50.7 Å². The minimum Gasteiger partial charge on any atom is -0.488 e. The molecule has 8 heavy (non-hydrogen) atoms. The third-order valence-corrected chi connectivity index (χ3v) is 0.496. The molecule has 0 aliphatic carbocycles. The van der Waals surface area contributed by atoms with Crippen LogP contribution in [0, 0.1) is 0 Å². The summed E-state index contributed by atoms with van der Waals surface area (Å²) in [5.41, 5.74) is 2.42. The normalized spacial score (nSPS) is 9.88. The zero-order valence-corrected chi connectivity index (χ0v) is 5.69. The highest BCUT2D eigenvalue weighted by molar-refractivity contribution is 4.70. The fourth-order valence-electron chi connectivity index (χ4n) is 0.218. The summed E-state index contributed by atoms with van der Waals surface area (Å²) in [6.45, 7) is 9.28. The van der Waals surface area contributed by atoms with E-state index in [0.29, 0.717) is 0 Å². The molecule has 0 unspecified atom stereocenters. The monoisotopic (exact) mass is 112 g/mol. The first-order valence-electron chi connectivity index (χ1n) is 2.58. The van der Waals surface area contributed by atoms with Crippen molar-refractivity contribution in [1.82, 2.24) is 0 Å². The number of hydrogen-bond donors (Lipinski definition) is 0. The van der Waals surface area contributed by atoms with Crippen molar-refractivity contribution < 1.29 is 4.74 Å². The first-order valence-corrected chi connectivity index (χ1v) is 2.58. The molecule has 0 bridgehead atoms. The van der Waals surface area contributed by atoms with Crippen molar-refractivity contribution in [2.75, 3.05) is 0 Å². The second-order valence-corrected chi connectivity index (χ2v) is 2.55. The van der Waals surface area contributed by atoms with Crippen LogP contribution in [0.5, 0.6) is 0 Å². The summed E-state index contributed by atoms with van der Waals surface area (Å²) < 4.78 is 5.08. The van der Waals surface area contributed by atoms with Crippen molar-refractivity contribution >= 4 is 0 Å². The van der Waals surface area contributed by atoms with Crippen LogP contribution in [0.3, 0.4) is 0 Å². The minimum atomic E-state index is -0.106. The van der Waals surface area contributed by atoms with E-state index < -0.39 is 0 Å². The van der Waals surface area contributed by atoms with E-state index in [4.69, 9.17) is 4.74 Å². The van der Waals surface area contributed by atoms with Crippen molar-refractivity contribution in [3.05, 3.63) is 18.6 Å². The maximum Gasteiger partial charge on any atom is 0.125 e. The average molecular weight is 112 g/mol. The van der Waals surface area contributed by atoms with Crippen LogP contribution in [-0.4, -0.2) is 5.60 Å². The molecule has 0 heterocycles. The Bertz CT molecular complexity index is 102. The Hall–Kier alpha value is -0.680. The first kappa shape index (κ1) is 7.32. The molecule has 0 aromatic rings. The molecule has 0 spiro atoms. The summed E-state index contributed by atoms with van der Waals surface area (Å²) in [7, 11) is 0. The van der Waals surface area contributed by atoms with Gasteiger partial charge >= 0.3 is 0 Å². The summed E-state index contributed by atoms with van der Waals surface area (Å²) in [5.74, 6) is 0. The molecule has 46 valence electrons. The van der Waals surface area contributed by atoms with Gasteiger partial charge in [0.05, 0.1) is 0 Å². The SMILES string of the molecule is C=C=COC(C)(C)C. The molecular formula is C7H12O. The Morgan fingerprint density at radius 3 is 2.12 bits per heavy atom. The van der Waals surface area contributed by atoms with Crippen molar-refractivity contribution in [1.29, 1.82) is 0 Å². The lowest BCUT2D eigenvalue weighted by atomic mass is 10.2. The highest BCUT2D eigenvalue weighted by Crippen LogP contribution is 2.05. The van der Waals surface area contributed by atoms with E-state index in [-0.39, 0.29) is 5.60 Å². The topological polar surface area (TPSA) is 9.23 Å². The number of ether oxygens (including phenoxy) is 1. The number of rotatable bonds is 1. The first-order chi connectivity index (χ1) is 3.56. The summed E-state index contributed by atoms with van der Waals surface area (Å²) in [5, 5.41) is 0. The zero-order chi connectivity index (χ0) is 6.62. The van der Waals surface area contributed by atoms with Crippen LogP contribution < -0.4 is 0 Å². The van der Waals surface area contributed by atoms with Gasteiger partial charge in [-0.1, -0.05) is 12.3 Å². The van der Waals surface area contributed by atoms with Gasteiger partial charge in [0.15, 0.2) is 0 Å². The molecule has 0 N–H and O–H groups in total. The largest absolute Gasteiger partial charge is 0.488 e. The lowest BCUT2D eigenvalue weighted by Gasteiger charge is -2.16. The van der Waals surface area contributed by atoms with Crippen LogP contribution in [0.15, 0.2) is 18.6 Å². The van der Waals surface area contributed by atoms with Crippen LogP contribution in [0.25, 0.3) is 0 Å². The maximum atomic E-state index is 5.08. The molecule has 0 saturated carbocycles. The Balaban J connectivity index is 3.55. The van der Waals surface area contributed by atoms with Gasteiger partial charge in [0.2, 0.25) is 0 Å². The second-order valence-electron chi connectivity index (χ2n) is 2.55. The van der Waals surface area contributed by atoms with Crippen LogP contribution >= 0.6 is 0 Å². The van der Waals surface area contributed by atoms with E-state index in [9.17, 15) is 0 Å². The van der Waals surface area contributed by atoms with Gasteiger partial charge in [-0.15, -0.1) is 0 Å². The molecule has 0 amide bonds. The summed E-state index contributed by atoms with van der Waals surface area (Å²) in [6.07, 6.45) is 1.47. The zero-order valence-electron chi connectivity index (χ0n) is 5.69. The molecule has 0 saturated heterocycles. The highest BCUT2D eigenvalue weighted by Gasteiger charge is 2.06. The Morgan fingerprint density at radius 1 is 1.50 bits per heavy atom. The molecular weight excluding hydrogens is 100 g/mol. The predicted octanol–water partition coefficient (Wildman–Crippen LogP) is 2.10. The third kappa shape index (κ3) is 5.32. The van der Waals surface area contributed by atoms with Crippen LogP contribution in [-0.2, 0) is 4.74 Å². The van der Waals surface area contributed by atoms with Gasteiger partial charge in [-0.2, -0.15) is 0 Å². The maximum absolute atomic E-state index is 5.08. The summed E-state index contributed by atoms with van der Waals surface area (Å²) in [6, 6.07) is 0. The van der Waals surface area contributed by atoms with Gasteiger partial charge in [-0.05, 0) is 20.8 Å². The lowest BCUT2D eigenvalue weighted by Crippen LogP contribution is -2.14. The summed E-state index contributed by atoms with van der Waals surface area (Å²) >= 11 is 0. The fourth-order valence-corrected chi connectivity index (χ4v) is 0.218. The van der Waals surface area contributed by atoms with Gasteiger partial charge < -0.3 is 4.74 Å². The Morgan fingerprint density at radius 2 is 2.00 bits per heavy atom. The molecule has 1 nitrogen and oxygen atoms in total. The van der Waals surface area contributed by atoms with Crippen LogP contribution in [0.4, 0.5) is 0 Å². The van der Waals surface area contributed by atoms with Crippen LogP contribution in [0.2, 0.25) is 0 Å². The molecule has 0 radical (unpaired) electrons. The van der Waals surface area contributed by atoms with Crippen LogP contribution in [0.1, 0.15) is 20.8 Å². The highest BCUT2D eigenvalue weighted by atomic mass is 16.5. The number of hydrogen-bond acceptors (Lipinski definition) is 1. The smallest absolute Gasteiger partial charge is 0.125 e. The molecule has 0 aliphatic heterocycles. The van der Waals surface area contributed by atoms with Gasteiger partial charge in [-0.3, -0.25) is 0 Å². The Kier molecular flexibility index (Phi) is 2.36. The lowest BCUT2D eigenvalue weighted by molar-refractivity contribution is 0.0771. The van der Waals surface area contributed by atoms with Crippen molar-refractivity contribution in [2.45, 2.75) is 26.4 Å². The molecule has 1 heteroatoms. The van der Waals surface area contributed by atoms with Gasteiger partial charge in [0.1, 0.15) is 11.9 Å². The van der Waals surface area contributed by atoms with E-state index in [1.165, 1.54) is 6.26 Å². The van der Waals surface area contributed by atoms with E-state index in [0.717, 1.165) is 0 Å². The molecule has 0 rings (SSSR count). The molecule has 0 aliphatic rings. The van der Waals surface area contributed by atoms with E-state index in [1.807, 2.05) is 20.8 Å². The van der Waals surface area contributed by atoms with Crippen molar-refractivity contribution in [3.63, 3.8) is 0 Å².